The van der Waals surface area contributed by atoms with E-state index in [0.717, 1.165) is 0 Å². The molecule has 0 atom stereocenters. The number of hydrogen-bond donors (Lipinski definition) is 2. The lowest BCUT2D eigenvalue weighted by Gasteiger charge is -2.07. The van der Waals surface area contributed by atoms with Crippen molar-refractivity contribution >= 4 is 27.8 Å². The van der Waals surface area contributed by atoms with Gasteiger partial charge in [-0.1, -0.05) is 12.1 Å². The zero-order chi connectivity index (χ0) is 15.4. The van der Waals surface area contributed by atoms with Crippen molar-refractivity contribution in [3.05, 3.63) is 63.6 Å². The Kier molecular flexibility index (Phi) is 4.64. The van der Waals surface area contributed by atoms with E-state index in [4.69, 9.17) is 5.11 Å². The van der Waals surface area contributed by atoms with Crippen molar-refractivity contribution < 1.29 is 19.1 Å². The van der Waals surface area contributed by atoms with Crippen LogP contribution >= 0.6 is 15.9 Å². The number of aromatic carboxylic acids is 1. The number of rotatable bonds is 4. The standard InChI is InChI=1S/C14H10BrFN2O3/c15-12-9(2-1-3-10(12)16)13(19)18-7-8-4-5-11(14(20)21)17-6-8/h1-6H,7H2,(H,18,19)(H,20,21). The van der Waals surface area contributed by atoms with Gasteiger partial charge < -0.3 is 10.4 Å². The summed E-state index contributed by atoms with van der Waals surface area (Å²) in [6.07, 6.45) is 1.37. The highest BCUT2D eigenvalue weighted by Gasteiger charge is 2.12. The van der Waals surface area contributed by atoms with Crippen molar-refractivity contribution in [2.24, 2.45) is 0 Å². The molecule has 1 amide bonds. The molecule has 0 spiro atoms. The molecule has 0 aliphatic carbocycles. The predicted molar refractivity (Wildman–Crippen MR) is 76.5 cm³/mol. The molecule has 2 aromatic rings. The third-order valence-electron chi connectivity index (χ3n) is 2.69. The van der Waals surface area contributed by atoms with Crippen LogP contribution in [0.25, 0.3) is 0 Å². The lowest BCUT2D eigenvalue weighted by molar-refractivity contribution is 0.0690. The number of amides is 1. The number of pyridine rings is 1. The number of carboxylic acid groups (broad SMARTS) is 1. The van der Waals surface area contributed by atoms with E-state index in [9.17, 15) is 14.0 Å². The van der Waals surface area contributed by atoms with Crippen molar-refractivity contribution in [2.75, 3.05) is 0 Å². The highest BCUT2D eigenvalue weighted by Crippen LogP contribution is 2.20. The van der Waals surface area contributed by atoms with E-state index in [2.05, 4.69) is 26.2 Å². The van der Waals surface area contributed by atoms with E-state index in [0.29, 0.717) is 5.56 Å². The molecule has 2 N–H and O–H groups in total. The number of carbonyl (C=O) groups excluding carboxylic acids is 1. The van der Waals surface area contributed by atoms with Crippen molar-refractivity contribution in [1.82, 2.24) is 10.3 Å². The monoisotopic (exact) mass is 352 g/mol. The van der Waals surface area contributed by atoms with Gasteiger partial charge in [-0.15, -0.1) is 0 Å². The molecule has 1 aromatic carbocycles. The summed E-state index contributed by atoms with van der Waals surface area (Å²) in [5.41, 5.74) is 0.754. The third-order valence-corrected chi connectivity index (χ3v) is 3.50. The number of carbonyl (C=O) groups is 2. The molecule has 0 aliphatic heterocycles. The Bertz CT molecular complexity index is 689. The molecule has 0 radical (unpaired) electrons. The Balaban J connectivity index is 2.04. The molecular formula is C14H10BrFN2O3. The third kappa shape index (κ3) is 3.63. The van der Waals surface area contributed by atoms with Gasteiger partial charge in [0.05, 0.1) is 10.0 Å². The van der Waals surface area contributed by atoms with Crippen LogP contribution in [0.4, 0.5) is 4.39 Å². The van der Waals surface area contributed by atoms with Crippen molar-refractivity contribution in [1.29, 1.82) is 0 Å². The lowest BCUT2D eigenvalue weighted by atomic mass is 10.2. The fourth-order valence-corrected chi connectivity index (χ4v) is 2.06. The minimum absolute atomic E-state index is 0.0713. The number of nitrogens with one attached hydrogen (secondary N) is 1. The van der Waals surface area contributed by atoms with Gasteiger partial charge in [0.2, 0.25) is 0 Å². The molecule has 108 valence electrons. The van der Waals surface area contributed by atoms with Gasteiger partial charge in [0.15, 0.2) is 0 Å². The van der Waals surface area contributed by atoms with E-state index in [-0.39, 0.29) is 22.3 Å². The SMILES string of the molecule is O=C(O)c1ccc(CNC(=O)c2cccc(F)c2Br)cn1. The van der Waals surface area contributed by atoms with Crippen molar-refractivity contribution in [3.8, 4) is 0 Å². The summed E-state index contributed by atoms with van der Waals surface area (Å²) in [4.78, 5) is 26.3. The Morgan fingerprint density at radius 3 is 2.67 bits per heavy atom. The number of benzene rings is 1. The molecule has 0 bridgehead atoms. The van der Waals surface area contributed by atoms with E-state index >= 15 is 0 Å². The number of nitrogens with zero attached hydrogens (tertiary/aromatic N) is 1. The fourth-order valence-electron chi connectivity index (χ4n) is 1.61. The maximum absolute atomic E-state index is 13.3. The molecular weight excluding hydrogens is 343 g/mol. The second-order valence-corrected chi connectivity index (χ2v) is 4.93. The summed E-state index contributed by atoms with van der Waals surface area (Å²) in [6.45, 7) is 0.161. The van der Waals surface area contributed by atoms with E-state index < -0.39 is 17.7 Å². The van der Waals surface area contributed by atoms with Crippen LogP contribution in [0, 0.1) is 5.82 Å². The highest BCUT2D eigenvalue weighted by molar-refractivity contribution is 9.10. The Morgan fingerprint density at radius 2 is 2.05 bits per heavy atom. The van der Waals surface area contributed by atoms with Crippen LogP contribution in [0.15, 0.2) is 41.0 Å². The van der Waals surface area contributed by atoms with Gasteiger partial charge in [-0.05, 0) is 39.7 Å². The molecule has 1 aromatic heterocycles. The molecule has 0 saturated carbocycles. The quantitative estimate of drug-likeness (QED) is 0.886. The fraction of sp³-hybridized carbons (Fsp3) is 0.0714. The summed E-state index contributed by atoms with van der Waals surface area (Å²) in [6, 6.07) is 7.08. The van der Waals surface area contributed by atoms with Crippen LogP contribution in [0.5, 0.6) is 0 Å². The molecule has 7 heteroatoms. The van der Waals surface area contributed by atoms with Crippen LogP contribution < -0.4 is 5.32 Å². The molecule has 1 heterocycles. The maximum atomic E-state index is 13.3. The molecule has 2 rings (SSSR count). The first-order valence-corrected chi connectivity index (χ1v) is 6.69. The average Bonchev–Trinajstić information content (AvgIpc) is 2.48. The van der Waals surface area contributed by atoms with Gasteiger partial charge in [0, 0.05) is 12.7 Å². The molecule has 0 aliphatic rings. The smallest absolute Gasteiger partial charge is 0.354 e. The highest BCUT2D eigenvalue weighted by atomic mass is 79.9. The van der Waals surface area contributed by atoms with E-state index in [1.807, 2.05) is 0 Å². The largest absolute Gasteiger partial charge is 0.477 e. The Morgan fingerprint density at radius 1 is 1.29 bits per heavy atom. The Hall–Kier alpha value is -2.28. The summed E-state index contributed by atoms with van der Waals surface area (Å²) in [7, 11) is 0. The van der Waals surface area contributed by atoms with Crippen LogP contribution in [0.3, 0.4) is 0 Å². The molecule has 0 saturated heterocycles. The normalized spacial score (nSPS) is 10.2. The van der Waals surface area contributed by atoms with Crippen LogP contribution in [0.2, 0.25) is 0 Å². The minimum atomic E-state index is -1.12. The Labute approximate surface area is 128 Å². The number of halogens is 2. The second-order valence-electron chi connectivity index (χ2n) is 4.14. The first-order valence-electron chi connectivity index (χ1n) is 5.89. The molecule has 0 fully saturated rings. The number of carboxylic acids is 1. The number of aromatic nitrogens is 1. The van der Waals surface area contributed by atoms with Gasteiger partial charge in [0.25, 0.3) is 5.91 Å². The molecule has 21 heavy (non-hydrogen) atoms. The zero-order valence-corrected chi connectivity index (χ0v) is 12.2. The first-order chi connectivity index (χ1) is 9.99. The first kappa shape index (κ1) is 15.1. The van der Waals surface area contributed by atoms with Gasteiger partial charge in [-0.25, -0.2) is 14.2 Å². The lowest BCUT2D eigenvalue weighted by Crippen LogP contribution is -2.23. The van der Waals surface area contributed by atoms with Gasteiger partial charge in [-0.3, -0.25) is 4.79 Å². The summed E-state index contributed by atoms with van der Waals surface area (Å²) in [5.74, 6) is -2.08. The molecule has 0 unspecified atom stereocenters. The van der Waals surface area contributed by atoms with Crippen molar-refractivity contribution in [3.63, 3.8) is 0 Å². The zero-order valence-electron chi connectivity index (χ0n) is 10.6. The topological polar surface area (TPSA) is 79.3 Å². The minimum Gasteiger partial charge on any atom is -0.477 e. The van der Waals surface area contributed by atoms with Crippen molar-refractivity contribution in [2.45, 2.75) is 6.54 Å². The summed E-state index contributed by atoms with van der Waals surface area (Å²) >= 11 is 3.02. The van der Waals surface area contributed by atoms with E-state index in [1.54, 1.807) is 6.07 Å². The van der Waals surface area contributed by atoms with Crippen LogP contribution in [-0.4, -0.2) is 22.0 Å². The summed E-state index contributed by atoms with van der Waals surface area (Å²) < 4.78 is 13.4. The average molecular weight is 353 g/mol. The van der Waals surface area contributed by atoms with Gasteiger partial charge in [0.1, 0.15) is 11.5 Å². The van der Waals surface area contributed by atoms with Crippen LogP contribution in [0.1, 0.15) is 26.4 Å². The van der Waals surface area contributed by atoms with Gasteiger partial charge in [-0.2, -0.15) is 0 Å². The maximum Gasteiger partial charge on any atom is 0.354 e. The van der Waals surface area contributed by atoms with E-state index in [1.165, 1.54) is 30.5 Å². The van der Waals surface area contributed by atoms with Gasteiger partial charge >= 0.3 is 5.97 Å². The summed E-state index contributed by atoms with van der Waals surface area (Å²) in [5, 5.41) is 11.3. The number of hydrogen-bond acceptors (Lipinski definition) is 3. The molecule has 5 nitrogen and oxygen atoms in total. The predicted octanol–water partition coefficient (Wildman–Crippen LogP) is 2.61. The van der Waals surface area contributed by atoms with Crippen LogP contribution in [-0.2, 0) is 6.54 Å². The second kappa shape index (κ2) is 6.45.